The number of nitrogens with zero attached hydrogens (tertiary/aromatic N) is 2. The molecule has 226 valence electrons. The lowest BCUT2D eigenvalue weighted by molar-refractivity contribution is -0.141. The number of rotatable bonds is 11. The summed E-state index contributed by atoms with van der Waals surface area (Å²) in [5, 5.41) is 3.30. The summed E-state index contributed by atoms with van der Waals surface area (Å²) in [6.07, 6.45) is 0.324. The summed E-state index contributed by atoms with van der Waals surface area (Å²) in [5.41, 5.74) is 2.04. The van der Waals surface area contributed by atoms with Crippen LogP contribution in [0.2, 0.25) is 5.02 Å². The van der Waals surface area contributed by atoms with Gasteiger partial charge in [-0.15, -0.1) is 0 Å². The highest BCUT2D eigenvalue weighted by Crippen LogP contribution is 2.30. The summed E-state index contributed by atoms with van der Waals surface area (Å²) in [5.74, 6) is -0.198. The molecule has 3 aromatic rings. The Morgan fingerprint density at radius 3 is 2.14 bits per heavy atom. The molecule has 0 aliphatic rings. The third-order valence-electron chi connectivity index (χ3n) is 6.72. The maximum absolute atomic E-state index is 14.2. The molecule has 0 aromatic heterocycles. The van der Waals surface area contributed by atoms with Gasteiger partial charge in [0.25, 0.3) is 10.0 Å². The fraction of sp³-hybridized carbons (Fsp3) is 0.375. The number of anilines is 1. The zero-order valence-electron chi connectivity index (χ0n) is 25.3. The minimum atomic E-state index is -4.19. The molecular formula is C32H40ClN3O5S. The molecule has 0 radical (unpaired) electrons. The Hall–Kier alpha value is -3.56. The number of nitrogens with one attached hydrogen (secondary N) is 1. The van der Waals surface area contributed by atoms with E-state index in [0.29, 0.717) is 22.8 Å². The Morgan fingerprint density at radius 1 is 0.976 bits per heavy atom. The van der Waals surface area contributed by atoms with Crippen LogP contribution in [0.3, 0.4) is 0 Å². The van der Waals surface area contributed by atoms with Crippen molar-refractivity contribution in [2.75, 3.05) is 18.0 Å². The second-order valence-corrected chi connectivity index (χ2v) is 13.6. The van der Waals surface area contributed by atoms with Crippen molar-refractivity contribution < 1.29 is 22.7 Å². The molecule has 0 spiro atoms. The molecular weight excluding hydrogens is 574 g/mol. The first-order chi connectivity index (χ1) is 19.7. The van der Waals surface area contributed by atoms with Crippen molar-refractivity contribution in [2.24, 2.45) is 0 Å². The third-order valence-corrected chi connectivity index (χ3v) is 8.73. The minimum Gasteiger partial charge on any atom is -0.497 e. The molecule has 1 N–H and O–H groups in total. The largest absolute Gasteiger partial charge is 0.497 e. The molecule has 0 saturated heterocycles. The van der Waals surface area contributed by atoms with Crippen LogP contribution in [0.5, 0.6) is 5.75 Å². The van der Waals surface area contributed by atoms with E-state index in [1.54, 1.807) is 50.4 Å². The maximum Gasteiger partial charge on any atom is 0.264 e. The number of benzene rings is 3. The number of methoxy groups -OCH3 is 1. The first-order valence-corrected chi connectivity index (χ1v) is 15.6. The summed E-state index contributed by atoms with van der Waals surface area (Å²) in [6.45, 7) is 10.6. The lowest BCUT2D eigenvalue weighted by Gasteiger charge is -2.35. The molecule has 0 unspecified atom stereocenters. The quantitative estimate of drug-likeness (QED) is 0.291. The van der Waals surface area contributed by atoms with E-state index in [9.17, 15) is 18.0 Å². The monoisotopic (exact) mass is 613 g/mol. The molecule has 0 heterocycles. The predicted molar refractivity (Wildman–Crippen MR) is 167 cm³/mol. The van der Waals surface area contributed by atoms with Gasteiger partial charge in [0, 0.05) is 17.1 Å². The van der Waals surface area contributed by atoms with E-state index in [-0.39, 0.29) is 23.0 Å². The number of ether oxygens (including phenoxy) is 1. The minimum absolute atomic E-state index is 0.0412. The number of halogens is 1. The molecule has 2 amide bonds. The average Bonchev–Trinajstić information content (AvgIpc) is 2.92. The zero-order valence-corrected chi connectivity index (χ0v) is 26.8. The average molecular weight is 614 g/mol. The van der Waals surface area contributed by atoms with Crippen molar-refractivity contribution in [2.45, 2.75) is 71.0 Å². The Bertz CT molecular complexity index is 1500. The Balaban J connectivity index is 2.11. The summed E-state index contributed by atoms with van der Waals surface area (Å²) in [6, 6.07) is 17.7. The van der Waals surface area contributed by atoms with Crippen molar-refractivity contribution in [1.29, 1.82) is 0 Å². The van der Waals surface area contributed by atoms with Gasteiger partial charge in [-0.05, 0) is 88.6 Å². The number of hydrogen-bond acceptors (Lipinski definition) is 5. The van der Waals surface area contributed by atoms with E-state index in [1.165, 1.54) is 23.1 Å². The van der Waals surface area contributed by atoms with Gasteiger partial charge in [0.2, 0.25) is 11.8 Å². The SMILES string of the molecule is CC[C@H](C(=O)NC(C)(C)C)N(Cc1ccc(OC)cc1)C(=O)CN(c1cc(Cl)ccc1C)S(=O)(=O)c1ccc(C)cc1. The molecule has 8 nitrogen and oxygen atoms in total. The van der Waals surface area contributed by atoms with Crippen LogP contribution < -0.4 is 14.4 Å². The molecule has 42 heavy (non-hydrogen) atoms. The van der Waals surface area contributed by atoms with Crippen LogP contribution in [0.1, 0.15) is 50.8 Å². The van der Waals surface area contributed by atoms with Gasteiger partial charge in [-0.2, -0.15) is 0 Å². The lowest BCUT2D eigenvalue weighted by atomic mass is 10.1. The van der Waals surface area contributed by atoms with E-state index in [0.717, 1.165) is 15.4 Å². The number of carbonyl (C=O) groups is 2. The summed E-state index contributed by atoms with van der Waals surface area (Å²) < 4.78 is 34.5. The number of sulfonamides is 1. The standard InChI is InChI=1S/C32H40ClN3O5S/c1-8-28(31(38)34-32(4,5)6)35(20-24-12-15-26(41-7)16-13-24)30(37)21-36(29-19-25(33)14-11-23(29)3)42(39,40)27-17-9-22(2)10-18-27/h9-19,28H,8,20-21H2,1-7H3,(H,34,38)/t28-/m1/s1. The van der Waals surface area contributed by atoms with Crippen LogP contribution in [0.15, 0.2) is 71.6 Å². The molecule has 3 aromatic carbocycles. The summed E-state index contributed by atoms with van der Waals surface area (Å²) in [4.78, 5) is 29.2. The van der Waals surface area contributed by atoms with Crippen LogP contribution in [-0.4, -0.2) is 50.4 Å². The van der Waals surface area contributed by atoms with Gasteiger partial charge < -0.3 is 15.0 Å². The summed E-state index contributed by atoms with van der Waals surface area (Å²) in [7, 11) is -2.63. The molecule has 0 aliphatic carbocycles. The molecule has 0 saturated carbocycles. The molecule has 10 heteroatoms. The smallest absolute Gasteiger partial charge is 0.264 e. The van der Waals surface area contributed by atoms with Crippen molar-refractivity contribution in [3.8, 4) is 5.75 Å². The van der Waals surface area contributed by atoms with Crippen LogP contribution in [-0.2, 0) is 26.2 Å². The highest BCUT2D eigenvalue weighted by atomic mass is 35.5. The first kappa shape index (κ1) is 32.9. The van der Waals surface area contributed by atoms with E-state index in [1.807, 2.05) is 46.8 Å². The van der Waals surface area contributed by atoms with Gasteiger partial charge in [0.15, 0.2) is 0 Å². The molecule has 1 atom stereocenters. The fourth-order valence-corrected chi connectivity index (χ4v) is 6.14. The fourth-order valence-electron chi connectivity index (χ4n) is 4.50. The van der Waals surface area contributed by atoms with Gasteiger partial charge in [-0.1, -0.05) is 54.4 Å². The predicted octanol–water partition coefficient (Wildman–Crippen LogP) is 5.88. The highest BCUT2D eigenvalue weighted by molar-refractivity contribution is 7.92. The number of amides is 2. The van der Waals surface area contributed by atoms with Crippen molar-refractivity contribution in [1.82, 2.24) is 10.2 Å². The van der Waals surface area contributed by atoms with Crippen LogP contribution in [0, 0.1) is 13.8 Å². The van der Waals surface area contributed by atoms with Crippen LogP contribution in [0.25, 0.3) is 0 Å². The van der Waals surface area contributed by atoms with E-state index in [4.69, 9.17) is 16.3 Å². The Kier molecular flexibility index (Phi) is 10.7. The number of carbonyl (C=O) groups excluding carboxylic acids is 2. The molecule has 0 aliphatic heterocycles. The normalized spacial score (nSPS) is 12.4. The zero-order chi connectivity index (χ0) is 31.2. The second-order valence-electron chi connectivity index (χ2n) is 11.3. The van der Waals surface area contributed by atoms with Gasteiger partial charge in [-0.25, -0.2) is 8.42 Å². The van der Waals surface area contributed by atoms with Crippen molar-refractivity contribution in [3.05, 3.63) is 88.4 Å². The lowest BCUT2D eigenvalue weighted by Crippen LogP contribution is -2.55. The molecule has 3 rings (SSSR count). The molecule has 0 bridgehead atoms. The van der Waals surface area contributed by atoms with Gasteiger partial charge >= 0.3 is 0 Å². The first-order valence-electron chi connectivity index (χ1n) is 13.8. The second kappa shape index (κ2) is 13.6. The van der Waals surface area contributed by atoms with Crippen molar-refractivity contribution >= 4 is 39.1 Å². The highest BCUT2D eigenvalue weighted by Gasteiger charge is 2.35. The van der Waals surface area contributed by atoms with E-state index < -0.39 is 34.1 Å². The van der Waals surface area contributed by atoms with Gasteiger partial charge in [0.05, 0.1) is 17.7 Å². The van der Waals surface area contributed by atoms with Gasteiger partial charge in [0.1, 0.15) is 18.3 Å². The number of aryl methyl sites for hydroxylation is 2. The van der Waals surface area contributed by atoms with Crippen LogP contribution >= 0.6 is 11.6 Å². The van der Waals surface area contributed by atoms with E-state index in [2.05, 4.69) is 5.32 Å². The Morgan fingerprint density at radius 2 is 1.60 bits per heavy atom. The van der Waals surface area contributed by atoms with Gasteiger partial charge in [-0.3, -0.25) is 13.9 Å². The van der Waals surface area contributed by atoms with E-state index >= 15 is 0 Å². The van der Waals surface area contributed by atoms with Crippen molar-refractivity contribution in [3.63, 3.8) is 0 Å². The maximum atomic E-state index is 14.2. The topological polar surface area (TPSA) is 96.0 Å². The third kappa shape index (κ3) is 8.26. The van der Waals surface area contributed by atoms with Crippen LogP contribution in [0.4, 0.5) is 5.69 Å². The molecule has 0 fully saturated rings. The number of hydrogen-bond donors (Lipinski definition) is 1. The summed E-state index contributed by atoms with van der Waals surface area (Å²) >= 11 is 6.30. The Labute approximate surface area is 254 Å².